The lowest BCUT2D eigenvalue weighted by molar-refractivity contribution is 0.0982. The van der Waals surface area contributed by atoms with Crippen LogP contribution in [-0.4, -0.2) is 15.8 Å². The maximum absolute atomic E-state index is 11.9. The normalized spacial score (nSPS) is 10.2. The minimum Gasteiger partial charge on any atom is -0.294 e. The van der Waals surface area contributed by atoms with Gasteiger partial charge in [-0.2, -0.15) is 0 Å². The largest absolute Gasteiger partial charge is 0.294 e. The van der Waals surface area contributed by atoms with Crippen LogP contribution in [0.2, 0.25) is 0 Å². The van der Waals surface area contributed by atoms with Crippen molar-refractivity contribution in [3.05, 3.63) is 59.7 Å². The molecule has 2 aromatic heterocycles. The fourth-order valence-corrected chi connectivity index (χ4v) is 1.56. The highest BCUT2D eigenvalue weighted by Gasteiger charge is 2.06. The summed E-state index contributed by atoms with van der Waals surface area (Å²) in [5, 5.41) is 0. The third kappa shape index (κ3) is 3.21. The molecule has 0 aromatic carbocycles. The summed E-state index contributed by atoms with van der Waals surface area (Å²) >= 11 is 0. The van der Waals surface area contributed by atoms with Crippen molar-refractivity contribution in [2.45, 2.75) is 19.8 Å². The van der Waals surface area contributed by atoms with E-state index in [4.69, 9.17) is 0 Å². The van der Waals surface area contributed by atoms with Gasteiger partial charge in [0.2, 0.25) is 0 Å². The van der Waals surface area contributed by atoms with E-state index in [-0.39, 0.29) is 5.78 Å². The van der Waals surface area contributed by atoms with Gasteiger partial charge in [-0.05, 0) is 37.6 Å². The molecular weight excluding hydrogens is 212 g/mol. The summed E-state index contributed by atoms with van der Waals surface area (Å²) in [6, 6.07) is 9.41. The van der Waals surface area contributed by atoms with Gasteiger partial charge in [-0.15, -0.1) is 0 Å². The molecule has 0 aliphatic carbocycles. The Bertz CT molecular complexity index is 491. The van der Waals surface area contributed by atoms with Crippen molar-refractivity contribution >= 4 is 5.78 Å². The molecule has 86 valence electrons. The lowest BCUT2D eigenvalue weighted by atomic mass is 10.1. The summed E-state index contributed by atoms with van der Waals surface area (Å²) in [5.41, 5.74) is 2.54. The van der Waals surface area contributed by atoms with E-state index in [1.54, 1.807) is 12.4 Å². The number of ketones is 1. The smallest absolute Gasteiger partial charge is 0.164 e. The second kappa shape index (κ2) is 5.34. The summed E-state index contributed by atoms with van der Waals surface area (Å²) in [6.45, 7) is 1.90. The third-order valence-corrected chi connectivity index (χ3v) is 2.57. The number of hydrogen-bond donors (Lipinski definition) is 0. The van der Waals surface area contributed by atoms with Gasteiger partial charge in [0.05, 0.1) is 0 Å². The first-order valence-corrected chi connectivity index (χ1v) is 5.61. The molecular formula is C14H14N2O. The molecule has 0 amide bonds. The molecule has 0 radical (unpaired) electrons. The highest BCUT2D eigenvalue weighted by atomic mass is 16.1. The molecule has 0 N–H and O–H groups in total. The van der Waals surface area contributed by atoms with Crippen molar-refractivity contribution in [2.75, 3.05) is 0 Å². The number of hydrogen-bond acceptors (Lipinski definition) is 3. The molecule has 0 spiro atoms. The Kier molecular flexibility index (Phi) is 3.60. The fourth-order valence-electron chi connectivity index (χ4n) is 1.56. The van der Waals surface area contributed by atoms with Crippen LogP contribution in [-0.2, 0) is 6.42 Å². The van der Waals surface area contributed by atoms with Gasteiger partial charge in [0.1, 0.15) is 0 Å². The molecule has 0 fully saturated rings. The monoisotopic (exact) mass is 226 g/mol. The Hall–Kier alpha value is -2.03. The molecule has 2 rings (SSSR count). The molecule has 2 heterocycles. The van der Waals surface area contributed by atoms with E-state index in [1.165, 1.54) is 0 Å². The van der Waals surface area contributed by atoms with E-state index in [0.717, 1.165) is 11.4 Å². The number of pyridine rings is 2. The summed E-state index contributed by atoms with van der Waals surface area (Å²) in [7, 11) is 0. The molecule has 0 atom stereocenters. The number of aryl methyl sites for hydroxylation is 2. The Labute approximate surface area is 101 Å². The lowest BCUT2D eigenvalue weighted by Crippen LogP contribution is -2.02. The molecule has 0 saturated heterocycles. The Balaban J connectivity index is 1.96. The molecule has 3 nitrogen and oxygen atoms in total. The van der Waals surface area contributed by atoms with Crippen LogP contribution in [0.25, 0.3) is 0 Å². The maximum Gasteiger partial charge on any atom is 0.164 e. The highest BCUT2D eigenvalue weighted by molar-refractivity contribution is 5.95. The molecule has 2 aromatic rings. The van der Waals surface area contributed by atoms with Crippen molar-refractivity contribution in [1.82, 2.24) is 9.97 Å². The van der Waals surface area contributed by atoms with Crippen LogP contribution in [0.1, 0.15) is 28.2 Å². The lowest BCUT2D eigenvalue weighted by Gasteiger charge is -2.01. The van der Waals surface area contributed by atoms with Gasteiger partial charge in [0, 0.05) is 35.8 Å². The molecule has 17 heavy (non-hydrogen) atoms. The van der Waals surface area contributed by atoms with Gasteiger partial charge < -0.3 is 0 Å². The summed E-state index contributed by atoms with van der Waals surface area (Å²) in [4.78, 5) is 20.2. The molecule has 0 unspecified atom stereocenters. The average Bonchev–Trinajstić information content (AvgIpc) is 2.38. The highest BCUT2D eigenvalue weighted by Crippen LogP contribution is 2.06. The fraction of sp³-hybridized carbons (Fsp3) is 0.214. The minimum atomic E-state index is 0.114. The van der Waals surface area contributed by atoms with Crippen molar-refractivity contribution in [3.63, 3.8) is 0 Å². The van der Waals surface area contributed by atoms with E-state index in [2.05, 4.69) is 9.97 Å². The van der Waals surface area contributed by atoms with Crippen LogP contribution in [0.15, 0.2) is 42.7 Å². The molecule has 3 heteroatoms. The van der Waals surface area contributed by atoms with E-state index in [1.807, 2.05) is 37.3 Å². The van der Waals surface area contributed by atoms with Crippen LogP contribution in [0.3, 0.4) is 0 Å². The SMILES string of the molecule is Cc1ccc(C(=O)CCc2ccccn2)cn1. The zero-order valence-corrected chi connectivity index (χ0v) is 9.76. The standard InChI is InChI=1S/C14H14N2O/c1-11-5-6-12(10-16-11)14(17)8-7-13-4-2-3-9-15-13/h2-6,9-10H,7-8H2,1H3. The van der Waals surface area contributed by atoms with Crippen molar-refractivity contribution in [1.29, 1.82) is 0 Å². The van der Waals surface area contributed by atoms with E-state index >= 15 is 0 Å². The van der Waals surface area contributed by atoms with E-state index in [0.29, 0.717) is 18.4 Å². The summed E-state index contributed by atoms with van der Waals surface area (Å²) in [6.07, 6.45) is 4.53. The van der Waals surface area contributed by atoms with Crippen molar-refractivity contribution < 1.29 is 4.79 Å². The first-order chi connectivity index (χ1) is 8.25. The molecule has 0 saturated carbocycles. The summed E-state index contributed by atoms with van der Waals surface area (Å²) < 4.78 is 0. The van der Waals surface area contributed by atoms with Crippen LogP contribution < -0.4 is 0 Å². The molecule has 0 aliphatic rings. The van der Waals surface area contributed by atoms with Gasteiger partial charge >= 0.3 is 0 Å². The first-order valence-electron chi connectivity index (χ1n) is 5.61. The van der Waals surface area contributed by atoms with Gasteiger partial charge in [-0.3, -0.25) is 14.8 Å². The number of carbonyl (C=O) groups is 1. The second-order valence-corrected chi connectivity index (χ2v) is 3.93. The van der Waals surface area contributed by atoms with Crippen LogP contribution in [0.4, 0.5) is 0 Å². The minimum absolute atomic E-state index is 0.114. The number of Topliss-reactive ketones (excluding diaryl/α,β-unsaturated/α-hetero) is 1. The van der Waals surface area contributed by atoms with E-state index < -0.39 is 0 Å². The number of aromatic nitrogens is 2. The predicted octanol–water partition coefficient (Wildman–Crippen LogP) is 2.60. The first kappa shape index (κ1) is 11.5. The number of rotatable bonds is 4. The van der Waals surface area contributed by atoms with Gasteiger partial charge in [-0.25, -0.2) is 0 Å². The number of nitrogens with zero attached hydrogens (tertiary/aromatic N) is 2. The Morgan fingerprint density at radius 3 is 2.71 bits per heavy atom. The Morgan fingerprint density at radius 1 is 1.18 bits per heavy atom. The van der Waals surface area contributed by atoms with Crippen molar-refractivity contribution in [3.8, 4) is 0 Å². The van der Waals surface area contributed by atoms with E-state index in [9.17, 15) is 4.79 Å². The average molecular weight is 226 g/mol. The molecule has 0 aliphatic heterocycles. The van der Waals surface area contributed by atoms with Gasteiger partial charge in [0.15, 0.2) is 5.78 Å². The van der Waals surface area contributed by atoms with Crippen LogP contribution in [0.5, 0.6) is 0 Å². The maximum atomic E-state index is 11.9. The Morgan fingerprint density at radius 2 is 2.06 bits per heavy atom. The zero-order chi connectivity index (χ0) is 12.1. The third-order valence-electron chi connectivity index (χ3n) is 2.57. The number of carbonyl (C=O) groups excluding carboxylic acids is 1. The van der Waals surface area contributed by atoms with Crippen LogP contribution >= 0.6 is 0 Å². The van der Waals surface area contributed by atoms with Crippen LogP contribution in [0, 0.1) is 6.92 Å². The predicted molar refractivity (Wildman–Crippen MR) is 65.9 cm³/mol. The molecule has 0 bridgehead atoms. The second-order valence-electron chi connectivity index (χ2n) is 3.93. The van der Waals surface area contributed by atoms with Gasteiger partial charge in [-0.1, -0.05) is 6.07 Å². The topological polar surface area (TPSA) is 42.9 Å². The van der Waals surface area contributed by atoms with Gasteiger partial charge in [0.25, 0.3) is 0 Å². The van der Waals surface area contributed by atoms with Crippen molar-refractivity contribution in [2.24, 2.45) is 0 Å². The zero-order valence-electron chi connectivity index (χ0n) is 9.76. The quantitative estimate of drug-likeness (QED) is 0.752. The summed E-state index contributed by atoms with van der Waals surface area (Å²) in [5.74, 6) is 0.114.